The molecule has 7 nitrogen and oxygen atoms in total. The second-order valence-corrected chi connectivity index (χ2v) is 9.88. The van der Waals surface area contributed by atoms with Crippen molar-refractivity contribution in [2.24, 2.45) is 5.14 Å². The first kappa shape index (κ1) is 23.2. The maximum atomic E-state index is 13.2. The molecule has 0 bridgehead atoms. The summed E-state index contributed by atoms with van der Waals surface area (Å²) in [6.45, 7) is 7.17. The fourth-order valence-corrected chi connectivity index (χ4v) is 4.85. The second kappa shape index (κ2) is 9.09. The summed E-state index contributed by atoms with van der Waals surface area (Å²) in [5, 5.41) is 5.18. The summed E-state index contributed by atoms with van der Waals surface area (Å²) in [5.41, 5.74) is 4.11. The number of nitrogens with zero attached hydrogens (tertiary/aromatic N) is 3. The Bertz CT molecular complexity index is 1260. The molecule has 4 rings (SSSR count). The van der Waals surface area contributed by atoms with Gasteiger partial charge < -0.3 is 9.47 Å². The number of carbonyl (C=O) groups excluding carboxylic acids is 1. The van der Waals surface area contributed by atoms with Gasteiger partial charge in [-0.2, -0.15) is 0 Å². The van der Waals surface area contributed by atoms with Gasteiger partial charge >= 0.3 is 0 Å². The molecular weight excluding hydrogens is 443 g/mol. The van der Waals surface area contributed by atoms with Crippen molar-refractivity contribution < 1.29 is 17.6 Å². The highest BCUT2D eigenvalue weighted by Gasteiger charge is 2.23. The molecule has 0 spiro atoms. The Balaban J connectivity index is 1.44. The van der Waals surface area contributed by atoms with Crippen LogP contribution in [0.15, 0.2) is 59.5 Å². The molecule has 2 heterocycles. The molecule has 1 aromatic heterocycles. The lowest BCUT2D eigenvalue weighted by molar-refractivity contribution is 0.0926. The average Bonchev–Trinajstić information content (AvgIpc) is 3.08. The Hall–Kier alpha value is -3.01. The summed E-state index contributed by atoms with van der Waals surface area (Å²) in [7, 11) is -3.76. The lowest BCUT2D eigenvalue weighted by atomic mass is 10.1. The number of anilines is 1. The number of sulfonamides is 1. The first-order valence-electron chi connectivity index (χ1n) is 10.7. The highest BCUT2D eigenvalue weighted by Crippen LogP contribution is 2.23. The zero-order valence-corrected chi connectivity index (χ0v) is 19.5. The lowest BCUT2D eigenvalue weighted by Gasteiger charge is -2.35. The highest BCUT2D eigenvalue weighted by atomic mass is 32.2. The molecule has 1 aliphatic rings. The van der Waals surface area contributed by atoms with Gasteiger partial charge in [0.15, 0.2) is 5.78 Å². The first-order valence-corrected chi connectivity index (χ1v) is 12.3. The molecule has 0 aliphatic carbocycles. The number of aromatic nitrogens is 1. The zero-order chi connectivity index (χ0) is 23.8. The molecule has 0 unspecified atom stereocenters. The van der Waals surface area contributed by atoms with E-state index in [4.69, 9.17) is 5.14 Å². The van der Waals surface area contributed by atoms with E-state index in [0.717, 1.165) is 48.9 Å². The zero-order valence-electron chi connectivity index (χ0n) is 18.7. The fraction of sp³-hybridized carbons (Fsp3) is 0.292. The van der Waals surface area contributed by atoms with Crippen LogP contribution in [0, 0.1) is 19.7 Å². The molecule has 1 aliphatic heterocycles. The number of piperazine rings is 1. The molecule has 9 heteroatoms. The standard InChI is InChI=1S/C24H27FN4O3S/c1-17-15-23(18(2)29(17)21-7-9-22(10-8-21)33(26,31)32)24(30)16-27-11-13-28(14-12-27)20-5-3-19(25)4-6-20/h3-10,15H,11-14,16H2,1-2H3,(H2,26,31,32). The molecule has 0 saturated carbocycles. The molecule has 174 valence electrons. The summed E-state index contributed by atoms with van der Waals surface area (Å²) in [4.78, 5) is 17.5. The molecular formula is C24H27FN4O3S. The number of hydrogen-bond donors (Lipinski definition) is 1. The van der Waals surface area contributed by atoms with Crippen molar-refractivity contribution in [3.63, 3.8) is 0 Å². The summed E-state index contributed by atoms with van der Waals surface area (Å²) in [5.74, 6) is -0.202. The van der Waals surface area contributed by atoms with Gasteiger partial charge in [0, 0.05) is 54.5 Å². The Morgan fingerprint density at radius 2 is 1.52 bits per heavy atom. The van der Waals surface area contributed by atoms with E-state index in [-0.39, 0.29) is 16.5 Å². The normalized spacial score (nSPS) is 15.1. The van der Waals surface area contributed by atoms with Crippen LogP contribution in [-0.2, 0) is 10.0 Å². The van der Waals surface area contributed by atoms with E-state index in [1.807, 2.05) is 24.5 Å². The predicted molar refractivity (Wildman–Crippen MR) is 126 cm³/mol. The largest absolute Gasteiger partial charge is 0.369 e. The van der Waals surface area contributed by atoms with Gasteiger partial charge in [0.2, 0.25) is 10.0 Å². The number of benzene rings is 2. The van der Waals surface area contributed by atoms with Crippen LogP contribution in [-0.4, -0.2) is 56.4 Å². The molecule has 2 aromatic carbocycles. The SMILES string of the molecule is Cc1cc(C(=O)CN2CCN(c3ccc(F)cc3)CC2)c(C)n1-c1ccc(S(N)(=O)=O)cc1. The maximum absolute atomic E-state index is 13.2. The van der Waals surface area contributed by atoms with Crippen molar-refractivity contribution >= 4 is 21.5 Å². The molecule has 1 fully saturated rings. The minimum atomic E-state index is -3.76. The van der Waals surface area contributed by atoms with Gasteiger partial charge in [0.1, 0.15) is 5.82 Å². The van der Waals surface area contributed by atoms with Crippen molar-refractivity contribution in [3.05, 3.63) is 77.4 Å². The monoisotopic (exact) mass is 470 g/mol. The van der Waals surface area contributed by atoms with Crippen molar-refractivity contribution in [1.82, 2.24) is 9.47 Å². The predicted octanol–water partition coefficient (Wildman–Crippen LogP) is 2.89. The van der Waals surface area contributed by atoms with Crippen LogP contribution in [0.1, 0.15) is 21.7 Å². The number of halogens is 1. The van der Waals surface area contributed by atoms with Gasteiger partial charge in [-0.25, -0.2) is 17.9 Å². The van der Waals surface area contributed by atoms with Gasteiger partial charge in [-0.3, -0.25) is 9.69 Å². The van der Waals surface area contributed by atoms with E-state index in [1.165, 1.54) is 24.3 Å². The molecule has 0 amide bonds. The third-order valence-electron chi connectivity index (χ3n) is 6.09. The van der Waals surface area contributed by atoms with E-state index in [9.17, 15) is 17.6 Å². The summed E-state index contributed by atoms with van der Waals surface area (Å²) >= 11 is 0. The van der Waals surface area contributed by atoms with Crippen LogP contribution in [0.4, 0.5) is 10.1 Å². The van der Waals surface area contributed by atoms with E-state index in [2.05, 4.69) is 9.80 Å². The van der Waals surface area contributed by atoms with E-state index < -0.39 is 10.0 Å². The van der Waals surface area contributed by atoms with Gasteiger partial charge in [0.05, 0.1) is 11.4 Å². The van der Waals surface area contributed by atoms with Gasteiger partial charge in [-0.1, -0.05) is 0 Å². The Kier molecular flexibility index (Phi) is 6.38. The van der Waals surface area contributed by atoms with Crippen LogP contribution < -0.4 is 10.0 Å². The summed E-state index contributed by atoms with van der Waals surface area (Å²) in [6, 6.07) is 14.6. The van der Waals surface area contributed by atoms with Crippen LogP contribution >= 0.6 is 0 Å². The van der Waals surface area contributed by atoms with Crippen molar-refractivity contribution in [2.75, 3.05) is 37.6 Å². The number of rotatable bonds is 6. The third kappa shape index (κ3) is 5.00. The minimum Gasteiger partial charge on any atom is -0.369 e. The molecule has 0 radical (unpaired) electrons. The highest BCUT2D eigenvalue weighted by molar-refractivity contribution is 7.89. The van der Waals surface area contributed by atoms with Gasteiger partial charge in [-0.05, 0) is 68.4 Å². The molecule has 33 heavy (non-hydrogen) atoms. The maximum Gasteiger partial charge on any atom is 0.238 e. The molecule has 0 atom stereocenters. The third-order valence-corrected chi connectivity index (χ3v) is 7.02. The first-order chi connectivity index (χ1) is 15.6. The number of carbonyl (C=O) groups is 1. The van der Waals surface area contributed by atoms with Crippen LogP contribution in [0.2, 0.25) is 0 Å². The van der Waals surface area contributed by atoms with Crippen LogP contribution in [0.5, 0.6) is 0 Å². The van der Waals surface area contributed by atoms with E-state index >= 15 is 0 Å². The second-order valence-electron chi connectivity index (χ2n) is 8.32. The lowest BCUT2D eigenvalue weighted by Crippen LogP contribution is -2.48. The van der Waals surface area contributed by atoms with Crippen LogP contribution in [0.25, 0.3) is 5.69 Å². The molecule has 1 saturated heterocycles. The summed E-state index contributed by atoms with van der Waals surface area (Å²) in [6.07, 6.45) is 0. The summed E-state index contributed by atoms with van der Waals surface area (Å²) < 4.78 is 38.1. The smallest absolute Gasteiger partial charge is 0.238 e. The number of ketones is 1. The Morgan fingerprint density at radius 3 is 2.09 bits per heavy atom. The topological polar surface area (TPSA) is 88.6 Å². The number of primary sulfonamides is 1. The minimum absolute atomic E-state index is 0.0461. The fourth-order valence-electron chi connectivity index (χ4n) is 4.33. The van der Waals surface area contributed by atoms with E-state index in [0.29, 0.717) is 12.1 Å². The molecule has 2 N–H and O–H groups in total. The van der Waals surface area contributed by atoms with Gasteiger partial charge in [-0.15, -0.1) is 0 Å². The number of nitrogens with two attached hydrogens (primary N) is 1. The average molecular weight is 471 g/mol. The number of aryl methyl sites for hydroxylation is 1. The quantitative estimate of drug-likeness (QED) is 0.560. The van der Waals surface area contributed by atoms with Gasteiger partial charge in [0.25, 0.3) is 0 Å². The Labute approximate surface area is 193 Å². The van der Waals surface area contributed by atoms with Crippen molar-refractivity contribution in [3.8, 4) is 5.69 Å². The van der Waals surface area contributed by atoms with Crippen molar-refractivity contribution in [2.45, 2.75) is 18.7 Å². The number of hydrogen-bond acceptors (Lipinski definition) is 5. The Morgan fingerprint density at radius 1 is 0.939 bits per heavy atom. The van der Waals surface area contributed by atoms with E-state index in [1.54, 1.807) is 24.3 Å². The van der Waals surface area contributed by atoms with Crippen LogP contribution in [0.3, 0.4) is 0 Å². The van der Waals surface area contributed by atoms with Crippen molar-refractivity contribution in [1.29, 1.82) is 0 Å². The number of Topliss-reactive ketones (excluding diaryl/α,β-unsaturated/α-hetero) is 1. The molecule has 3 aromatic rings.